The molecule has 5 nitrogen and oxygen atoms in total. The molecule has 1 unspecified atom stereocenters. The van der Waals surface area contributed by atoms with Gasteiger partial charge in [0.1, 0.15) is 5.75 Å². The number of amides is 1. The van der Waals surface area contributed by atoms with E-state index >= 15 is 0 Å². The van der Waals surface area contributed by atoms with Crippen LogP contribution in [0.5, 0.6) is 5.75 Å². The van der Waals surface area contributed by atoms with Crippen LogP contribution in [0.25, 0.3) is 10.2 Å². The Morgan fingerprint density at radius 1 is 1.28 bits per heavy atom. The largest absolute Gasteiger partial charge is 0.497 e. The highest BCUT2D eigenvalue weighted by Crippen LogP contribution is 2.35. The Morgan fingerprint density at radius 2 is 2.12 bits per heavy atom. The number of thioether (sulfide) groups is 2. The summed E-state index contributed by atoms with van der Waals surface area (Å²) in [7, 11) is 1.67. The molecular weight excluding hydrogens is 460 g/mol. The van der Waals surface area contributed by atoms with Crippen LogP contribution in [-0.2, 0) is 9.53 Å². The van der Waals surface area contributed by atoms with Gasteiger partial charge in [-0.15, -0.1) is 23.5 Å². The van der Waals surface area contributed by atoms with Gasteiger partial charge in [0.05, 0.1) is 30.0 Å². The van der Waals surface area contributed by atoms with Gasteiger partial charge in [0, 0.05) is 22.8 Å². The molecule has 3 aromatic rings. The van der Waals surface area contributed by atoms with Crippen molar-refractivity contribution < 1.29 is 14.3 Å². The minimum absolute atomic E-state index is 0.0969. The normalized spacial score (nSPS) is 15.9. The lowest BCUT2D eigenvalue weighted by Crippen LogP contribution is -2.37. The van der Waals surface area contributed by atoms with Crippen LogP contribution in [0, 0.1) is 0 Å². The maximum atomic E-state index is 13.3. The topological polar surface area (TPSA) is 51.7 Å². The number of nitrogens with zero attached hydrogens (tertiary/aromatic N) is 2. The number of hydrogen-bond donors (Lipinski definition) is 0. The molecule has 0 aliphatic carbocycles. The van der Waals surface area contributed by atoms with Gasteiger partial charge in [-0.1, -0.05) is 17.4 Å². The number of para-hydroxylation sites is 1. The molecular formula is C24H28N2O3S3. The molecule has 1 saturated heterocycles. The number of rotatable bonds is 10. The van der Waals surface area contributed by atoms with Crippen molar-refractivity contribution in [3.63, 3.8) is 0 Å². The highest BCUT2D eigenvalue weighted by molar-refractivity contribution is 7.99. The van der Waals surface area contributed by atoms with Gasteiger partial charge >= 0.3 is 0 Å². The number of aromatic nitrogens is 1. The quantitative estimate of drug-likeness (QED) is 0.253. The molecule has 0 spiro atoms. The predicted octanol–water partition coefficient (Wildman–Crippen LogP) is 6.11. The Morgan fingerprint density at radius 3 is 2.84 bits per heavy atom. The van der Waals surface area contributed by atoms with E-state index in [1.165, 1.54) is 4.90 Å². The molecule has 1 fully saturated rings. The van der Waals surface area contributed by atoms with Gasteiger partial charge in [0.15, 0.2) is 5.13 Å². The van der Waals surface area contributed by atoms with E-state index in [2.05, 4.69) is 36.6 Å². The van der Waals surface area contributed by atoms with E-state index in [-0.39, 0.29) is 12.0 Å². The Bertz CT molecular complexity index is 1030. The first-order chi connectivity index (χ1) is 15.7. The number of ether oxygens (including phenoxy) is 2. The van der Waals surface area contributed by atoms with Gasteiger partial charge in [0.2, 0.25) is 5.91 Å². The molecule has 0 N–H and O–H groups in total. The predicted molar refractivity (Wildman–Crippen MR) is 136 cm³/mol. The molecule has 0 radical (unpaired) electrons. The summed E-state index contributed by atoms with van der Waals surface area (Å²) in [5.74, 6) is 1.87. The second-order valence-electron chi connectivity index (χ2n) is 7.57. The van der Waals surface area contributed by atoms with E-state index in [9.17, 15) is 4.79 Å². The number of methoxy groups -OCH3 is 1. The van der Waals surface area contributed by atoms with Gasteiger partial charge in [-0.25, -0.2) is 4.98 Å². The highest BCUT2D eigenvalue weighted by atomic mass is 32.2. The molecule has 32 heavy (non-hydrogen) atoms. The molecule has 8 heteroatoms. The summed E-state index contributed by atoms with van der Waals surface area (Å²) in [6, 6.07) is 14.3. The van der Waals surface area contributed by atoms with Crippen LogP contribution in [0.2, 0.25) is 0 Å². The third-order valence-corrected chi connectivity index (χ3v) is 8.31. The van der Waals surface area contributed by atoms with E-state index in [0.717, 1.165) is 57.6 Å². The Balaban J connectivity index is 1.42. The van der Waals surface area contributed by atoms with Gasteiger partial charge in [-0.05, 0) is 67.7 Å². The number of thiazole rings is 1. The summed E-state index contributed by atoms with van der Waals surface area (Å²) in [6.07, 6.45) is 5.53. The SMILES string of the molecule is COc1ccc(SCCCC(=O)N(CC2CCCO2)c2nc3c(SC)cccc3s2)cc1. The molecule has 170 valence electrons. The van der Waals surface area contributed by atoms with E-state index in [1.54, 1.807) is 42.0 Å². The summed E-state index contributed by atoms with van der Waals surface area (Å²) in [5.41, 5.74) is 0.986. The van der Waals surface area contributed by atoms with E-state index in [4.69, 9.17) is 14.5 Å². The van der Waals surface area contributed by atoms with Crippen molar-refractivity contribution in [1.29, 1.82) is 0 Å². The molecule has 0 bridgehead atoms. The number of carbonyl (C=O) groups excluding carboxylic acids is 1. The fraction of sp³-hybridized carbons (Fsp3) is 0.417. The van der Waals surface area contributed by atoms with Gasteiger partial charge < -0.3 is 9.47 Å². The smallest absolute Gasteiger partial charge is 0.228 e. The Labute approximate surface area is 201 Å². The maximum absolute atomic E-state index is 13.3. The number of fused-ring (bicyclic) bond motifs is 1. The van der Waals surface area contributed by atoms with Crippen LogP contribution in [-0.4, -0.2) is 49.3 Å². The monoisotopic (exact) mass is 488 g/mol. The Kier molecular flexibility index (Phi) is 8.35. The molecule has 2 aromatic carbocycles. The zero-order valence-corrected chi connectivity index (χ0v) is 20.9. The standard InChI is InChI=1S/C24H28N2O3S3/c1-28-17-10-12-19(13-11-17)31-15-5-9-22(27)26(16-18-6-4-14-29-18)24-25-23-20(30-2)7-3-8-21(23)32-24/h3,7-8,10-13,18H,4-6,9,14-16H2,1-2H3. The molecule has 1 aliphatic heterocycles. The van der Waals surface area contributed by atoms with Crippen LogP contribution >= 0.6 is 34.9 Å². The minimum Gasteiger partial charge on any atom is -0.497 e. The van der Waals surface area contributed by atoms with Crippen molar-refractivity contribution in [2.75, 3.05) is 37.2 Å². The van der Waals surface area contributed by atoms with Crippen LogP contribution in [0.4, 0.5) is 5.13 Å². The summed E-state index contributed by atoms with van der Waals surface area (Å²) in [5, 5.41) is 0.782. The summed E-state index contributed by atoms with van der Waals surface area (Å²) in [6.45, 7) is 1.36. The van der Waals surface area contributed by atoms with Crippen molar-refractivity contribution in [2.45, 2.75) is 41.6 Å². The lowest BCUT2D eigenvalue weighted by molar-refractivity contribution is -0.119. The molecule has 2 heterocycles. The molecule has 0 saturated carbocycles. The fourth-order valence-electron chi connectivity index (χ4n) is 3.69. The first-order valence-electron chi connectivity index (χ1n) is 10.8. The zero-order chi connectivity index (χ0) is 22.3. The molecule has 4 rings (SSSR count). The Hall–Kier alpha value is -1.74. The second-order valence-corrected chi connectivity index (χ2v) is 10.6. The van der Waals surface area contributed by atoms with Crippen LogP contribution < -0.4 is 9.64 Å². The van der Waals surface area contributed by atoms with Crippen LogP contribution in [0.15, 0.2) is 52.3 Å². The lowest BCUT2D eigenvalue weighted by Gasteiger charge is -2.23. The minimum atomic E-state index is 0.0969. The third-order valence-electron chi connectivity index (χ3n) is 5.40. The number of hydrogen-bond acceptors (Lipinski definition) is 7. The highest BCUT2D eigenvalue weighted by Gasteiger charge is 2.26. The first-order valence-corrected chi connectivity index (χ1v) is 13.8. The number of carbonyl (C=O) groups is 1. The number of anilines is 1. The average molecular weight is 489 g/mol. The maximum Gasteiger partial charge on any atom is 0.228 e. The summed E-state index contributed by atoms with van der Waals surface area (Å²) < 4.78 is 12.2. The van der Waals surface area contributed by atoms with Crippen molar-refractivity contribution in [2.24, 2.45) is 0 Å². The van der Waals surface area contributed by atoms with Crippen molar-refractivity contribution in [3.05, 3.63) is 42.5 Å². The van der Waals surface area contributed by atoms with E-state index in [1.807, 2.05) is 17.0 Å². The lowest BCUT2D eigenvalue weighted by atomic mass is 10.2. The molecule has 1 aromatic heterocycles. The van der Waals surface area contributed by atoms with Crippen LogP contribution in [0.1, 0.15) is 25.7 Å². The zero-order valence-electron chi connectivity index (χ0n) is 18.4. The molecule has 1 amide bonds. The molecule has 1 aliphatic rings. The van der Waals surface area contributed by atoms with Crippen LogP contribution in [0.3, 0.4) is 0 Å². The molecule has 1 atom stereocenters. The fourth-order valence-corrected chi connectivity index (χ4v) is 6.19. The van der Waals surface area contributed by atoms with Crippen molar-refractivity contribution >= 4 is 56.1 Å². The summed E-state index contributed by atoms with van der Waals surface area (Å²) in [4.78, 5) is 22.3. The second kappa shape index (κ2) is 11.4. The average Bonchev–Trinajstić information content (AvgIpc) is 3.50. The van der Waals surface area contributed by atoms with Crippen molar-refractivity contribution in [3.8, 4) is 5.75 Å². The first kappa shape index (κ1) is 23.4. The third kappa shape index (κ3) is 5.78. The van der Waals surface area contributed by atoms with E-state index in [0.29, 0.717) is 13.0 Å². The van der Waals surface area contributed by atoms with Gasteiger partial charge in [-0.2, -0.15) is 0 Å². The van der Waals surface area contributed by atoms with Gasteiger partial charge in [-0.3, -0.25) is 9.69 Å². The number of benzene rings is 2. The van der Waals surface area contributed by atoms with Crippen molar-refractivity contribution in [1.82, 2.24) is 4.98 Å². The van der Waals surface area contributed by atoms with E-state index < -0.39 is 0 Å². The van der Waals surface area contributed by atoms with Gasteiger partial charge in [0.25, 0.3) is 0 Å². The summed E-state index contributed by atoms with van der Waals surface area (Å²) >= 11 is 5.05.